The quantitative estimate of drug-likeness (QED) is 0.551. The van der Waals surface area contributed by atoms with E-state index in [1.165, 1.54) is 7.11 Å². The molecule has 0 amide bonds. The van der Waals surface area contributed by atoms with Gasteiger partial charge in [0.15, 0.2) is 6.07 Å². The summed E-state index contributed by atoms with van der Waals surface area (Å²) in [5.74, 6) is -0.604. The molecule has 1 aliphatic carbocycles. The Kier molecular flexibility index (Phi) is 4.88. The molecular weight excluding hydrogens is 220 g/mol. The topological polar surface area (TPSA) is 52.6 Å². The van der Waals surface area contributed by atoms with Crippen molar-refractivity contribution < 1.29 is 19.1 Å². The van der Waals surface area contributed by atoms with E-state index in [0.717, 1.165) is 0 Å². The van der Waals surface area contributed by atoms with E-state index in [1.807, 2.05) is 0 Å². The van der Waals surface area contributed by atoms with Crippen LogP contribution in [0.25, 0.3) is 0 Å². The molecule has 1 saturated carbocycles. The third-order valence-electron chi connectivity index (χ3n) is 2.79. The summed E-state index contributed by atoms with van der Waals surface area (Å²) in [6, 6.07) is -0.101. The highest BCUT2D eigenvalue weighted by Crippen LogP contribution is 2.30. The monoisotopic (exact) mass is 234 g/mol. The molecule has 4 nitrogen and oxygen atoms in total. The van der Waals surface area contributed by atoms with Crippen molar-refractivity contribution >= 4 is 23.5 Å². The average molecular weight is 235 g/mol. The van der Waals surface area contributed by atoms with Crippen LogP contribution in [0.5, 0.6) is 0 Å². The number of halogens is 1. The van der Waals surface area contributed by atoms with Crippen molar-refractivity contribution in [3.63, 3.8) is 0 Å². The third kappa shape index (κ3) is 3.38. The minimum absolute atomic E-state index is 0.0601. The van der Waals surface area contributed by atoms with Crippen LogP contribution in [0.4, 0.5) is 0 Å². The summed E-state index contributed by atoms with van der Waals surface area (Å²) >= 11 is 5.30. The summed E-state index contributed by atoms with van der Waals surface area (Å²) < 4.78 is 9.37. The number of ether oxygens (including phenoxy) is 2. The smallest absolute Gasteiger partial charge is 0.310 e. The van der Waals surface area contributed by atoms with Gasteiger partial charge in [-0.15, -0.1) is 0 Å². The highest BCUT2D eigenvalue weighted by Gasteiger charge is 2.31. The van der Waals surface area contributed by atoms with Gasteiger partial charge in [-0.2, -0.15) is 0 Å². The van der Waals surface area contributed by atoms with E-state index < -0.39 is 0 Å². The molecule has 5 heteroatoms. The molecule has 0 aliphatic heterocycles. The maximum Gasteiger partial charge on any atom is 0.310 e. The van der Waals surface area contributed by atoms with E-state index in [1.54, 1.807) is 0 Å². The number of hydrogen-bond acceptors (Lipinski definition) is 4. The van der Waals surface area contributed by atoms with Gasteiger partial charge in [-0.25, -0.2) is 0 Å². The molecule has 1 aliphatic rings. The molecule has 0 aromatic rings. The lowest BCUT2D eigenvalue weighted by Crippen LogP contribution is -2.27. The van der Waals surface area contributed by atoms with Crippen LogP contribution in [0.15, 0.2) is 0 Å². The fraction of sp³-hybridized carbons (Fsp3) is 0.800. The van der Waals surface area contributed by atoms with Crippen molar-refractivity contribution in [1.82, 2.24) is 0 Å². The van der Waals surface area contributed by atoms with Gasteiger partial charge in [0.05, 0.1) is 18.9 Å². The SMILES string of the molecule is COC(=O)C1CCC(C(=O)OCCl)CC1. The van der Waals surface area contributed by atoms with E-state index in [9.17, 15) is 9.59 Å². The van der Waals surface area contributed by atoms with Crippen LogP contribution in [-0.4, -0.2) is 25.1 Å². The molecule has 0 saturated heterocycles. The number of carbonyl (C=O) groups is 2. The van der Waals surface area contributed by atoms with E-state index in [-0.39, 0.29) is 29.8 Å². The Labute approximate surface area is 93.9 Å². The normalized spacial score (nSPS) is 25.7. The molecule has 86 valence electrons. The van der Waals surface area contributed by atoms with Crippen LogP contribution in [0.2, 0.25) is 0 Å². The summed E-state index contributed by atoms with van der Waals surface area (Å²) in [6.45, 7) is 0. The standard InChI is InChI=1S/C10H15ClO4/c1-14-9(12)7-2-4-8(5-3-7)10(13)15-6-11/h7-8H,2-6H2,1H3. The van der Waals surface area contributed by atoms with Crippen molar-refractivity contribution in [3.8, 4) is 0 Å². The Morgan fingerprint density at radius 3 is 2.00 bits per heavy atom. The first kappa shape index (κ1) is 12.3. The Balaban J connectivity index is 2.35. The zero-order valence-electron chi connectivity index (χ0n) is 8.70. The van der Waals surface area contributed by atoms with Crippen molar-refractivity contribution in [1.29, 1.82) is 0 Å². The lowest BCUT2D eigenvalue weighted by Gasteiger charge is -2.25. The molecule has 0 unspecified atom stereocenters. The molecule has 0 atom stereocenters. The number of esters is 2. The summed E-state index contributed by atoms with van der Waals surface area (Å²) in [6.07, 6.45) is 2.73. The van der Waals surface area contributed by atoms with Gasteiger partial charge in [0.2, 0.25) is 0 Å². The minimum atomic E-state index is -0.256. The van der Waals surface area contributed by atoms with E-state index in [2.05, 4.69) is 4.74 Å². The number of carbonyl (C=O) groups excluding carboxylic acids is 2. The second-order valence-corrected chi connectivity index (χ2v) is 3.86. The second-order valence-electron chi connectivity index (χ2n) is 3.64. The molecule has 0 aromatic carbocycles. The molecule has 1 rings (SSSR count). The fourth-order valence-corrected chi connectivity index (χ4v) is 2.01. The average Bonchev–Trinajstić information content (AvgIpc) is 2.28. The first-order valence-electron chi connectivity index (χ1n) is 4.99. The van der Waals surface area contributed by atoms with Crippen molar-refractivity contribution in [3.05, 3.63) is 0 Å². The molecule has 0 spiro atoms. The van der Waals surface area contributed by atoms with Gasteiger partial charge in [0, 0.05) is 0 Å². The molecule has 0 radical (unpaired) electrons. The highest BCUT2D eigenvalue weighted by atomic mass is 35.5. The predicted molar refractivity (Wildman–Crippen MR) is 54.3 cm³/mol. The zero-order valence-corrected chi connectivity index (χ0v) is 9.46. The third-order valence-corrected chi connectivity index (χ3v) is 2.90. The van der Waals surface area contributed by atoms with Crippen LogP contribution < -0.4 is 0 Å². The van der Waals surface area contributed by atoms with Gasteiger partial charge in [0.25, 0.3) is 0 Å². The largest absolute Gasteiger partial charge is 0.469 e. The van der Waals surface area contributed by atoms with Gasteiger partial charge in [-0.05, 0) is 25.7 Å². The summed E-state index contributed by atoms with van der Waals surface area (Å²) in [4.78, 5) is 22.5. The summed E-state index contributed by atoms with van der Waals surface area (Å²) in [7, 11) is 1.39. The van der Waals surface area contributed by atoms with Crippen LogP contribution in [0, 0.1) is 11.8 Å². The van der Waals surface area contributed by atoms with E-state index in [0.29, 0.717) is 25.7 Å². The lowest BCUT2D eigenvalue weighted by atomic mass is 9.82. The highest BCUT2D eigenvalue weighted by molar-refractivity contribution is 6.17. The Bertz CT molecular complexity index is 234. The van der Waals surface area contributed by atoms with Crippen molar-refractivity contribution in [2.75, 3.05) is 13.2 Å². The Morgan fingerprint density at radius 1 is 1.13 bits per heavy atom. The molecular formula is C10H15ClO4. The van der Waals surface area contributed by atoms with E-state index >= 15 is 0 Å². The minimum Gasteiger partial charge on any atom is -0.469 e. The molecule has 1 fully saturated rings. The fourth-order valence-electron chi connectivity index (χ4n) is 1.90. The molecule has 15 heavy (non-hydrogen) atoms. The second kappa shape index (κ2) is 5.95. The zero-order chi connectivity index (χ0) is 11.3. The van der Waals surface area contributed by atoms with Crippen LogP contribution in [0.3, 0.4) is 0 Å². The number of hydrogen-bond donors (Lipinski definition) is 0. The van der Waals surface area contributed by atoms with Crippen molar-refractivity contribution in [2.24, 2.45) is 11.8 Å². The number of alkyl halides is 1. The van der Waals surface area contributed by atoms with Crippen LogP contribution in [-0.2, 0) is 19.1 Å². The number of methoxy groups -OCH3 is 1. The molecule has 0 aromatic heterocycles. The van der Waals surface area contributed by atoms with Gasteiger partial charge in [-0.1, -0.05) is 11.6 Å². The van der Waals surface area contributed by atoms with Gasteiger partial charge < -0.3 is 9.47 Å². The lowest BCUT2D eigenvalue weighted by molar-refractivity contribution is -0.152. The first-order chi connectivity index (χ1) is 7.19. The van der Waals surface area contributed by atoms with E-state index in [4.69, 9.17) is 16.3 Å². The maximum atomic E-state index is 11.3. The molecule has 0 bridgehead atoms. The van der Waals surface area contributed by atoms with Crippen LogP contribution >= 0.6 is 11.6 Å². The number of rotatable bonds is 3. The van der Waals surface area contributed by atoms with Gasteiger partial charge >= 0.3 is 11.9 Å². The molecule has 0 heterocycles. The predicted octanol–water partition coefficient (Wildman–Crippen LogP) is 1.71. The Hall–Kier alpha value is -0.770. The van der Waals surface area contributed by atoms with Gasteiger partial charge in [-0.3, -0.25) is 9.59 Å². The van der Waals surface area contributed by atoms with Gasteiger partial charge in [0.1, 0.15) is 0 Å². The summed E-state index contributed by atoms with van der Waals surface area (Å²) in [5.41, 5.74) is 0. The van der Waals surface area contributed by atoms with Crippen LogP contribution in [0.1, 0.15) is 25.7 Å². The maximum absolute atomic E-state index is 11.3. The Morgan fingerprint density at radius 2 is 1.60 bits per heavy atom. The molecule has 0 N–H and O–H groups in total. The first-order valence-corrected chi connectivity index (χ1v) is 5.53. The van der Waals surface area contributed by atoms with Crippen molar-refractivity contribution in [2.45, 2.75) is 25.7 Å². The summed E-state index contributed by atoms with van der Waals surface area (Å²) in [5, 5.41) is 0.